The van der Waals surface area contributed by atoms with Crippen molar-refractivity contribution in [1.29, 1.82) is 0 Å². The number of carbonyl (C=O) groups is 6. The number of esters is 6. The summed E-state index contributed by atoms with van der Waals surface area (Å²) < 4.78 is 35.1. The molecule has 0 radical (unpaired) electrons. The monoisotopic (exact) mass is 997 g/mol. The average molecular weight is 997 g/mol. The number of hydrogen-bond donors (Lipinski definition) is 0. The van der Waals surface area contributed by atoms with E-state index in [0.29, 0.717) is 13.1 Å². The highest BCUT2D eigenvalue weighted by atomic mass is 16.6. The molecule has 16 nitrogen and oxygen atoms in total. The molecular weight excluding hydrogens is 909 g/mol. The zero-order valence-corrected chi connectivity index (χ0v) is 46.4. The molecule has 71 heavy (non-hydrogen) atoms. The first-order valence-corrected chi connectivity index (χ1v) is 24.5. The van der Waals surface area contributed by atoms with E-state index in [1.165, 1.54) is 0 Å². The van der Waals surface area contributed by atoms with E-state index in [2.05, 4.69) is 4.90 Å². The van der Waals surface area contributed by atoms with Crippen molar-refractivity contribution in [3.05, 3.63) is 71.8 Å². The predicted molar refractivity (Wildman–Crippen MR) is 274 cm³/mol. The van der Waals surface area contributed by atoms with Gasteiger partial charge < -0.3 is 28.4 Å². The van der Waals surface area contributed by atoms with Crippen LogP contribution in [0.3, 0.4) is 0 Å². The van der Waals surface area contributed by atoms with Crippen LogP contribution >= 0.6 is 0 Å². The van der Waals surface area contributed by atoms with Crippen molar-refractivity contribution in [3.8, 4) is 0 Å². The third-order valence-electron chi connectivity index (χ3n) is 9.37. The summed E-state index contributed by atoms with van der Waals surface area (Å²) in [5.74, 6) is -3.75. The fourth-order valence-electron chi connectivity index (χ4n) is 7.89. The molecule has 0 heterocycles. The molecule has 0 N–H and O–H groups in total. The zero-order valence-electron chi connectivity index (χ0n) is 46.4. The van der Waals surface area contributed by atoms with Gasteiger partial charge >= 0.3 is 35.8 Å². The molecule has 0 aromatic heterocycles. The third-order valence-corrected chi connectivity index (χ3v) is 9.37. The summed E-state index contributed by atoms with van der Waals surface area (Å²) in [5.41, 5.74) is -4.68. The van der Waals surface area contributed by atoms with Gasteiger partial charge in [0.25, 0.3) is 0 Å². The molecule has 0 spiro atoms. The van der Waals surface area contributed by atoms with Gasteiger partial charge in [0.05, 0.1) is 39.3 Å². The Morgan fingerprint density at radius 2 is 0.493 bits per heavy atom. The third kappa shape index (κ3) is 29.9. The van der Waals surface area contributed by atoms with Gasteiger partial charge in [0, 0.05) is 44.7 Å². The molecule has 0 aliphatic rings. The zero-order chi connectivity index (χ0) is 54.2. The van der Waals surface area contributed by atoms with E-state index in [1.54, 1.807) is 139 Å². The quantitative estimate of drug-likeness (QED) is 0.0742. The van der Waals surface area contributed by atoms with Gasteiger partial charge in [0.15, 0.2) is 0 Å². The van der Waals surface area contributed by atoms with E-state index < -0.39 is 74.8 Å². The maximum absolute atomic E-state index is 14.0. The van der Waals surface area contributed by atoms with E-state index in [0.717, 1.165) is 11.1 Å². The predicted octanol–water partition coefficient (Wildman–Crippen LogP) is 7.63. The SMILES string of the molecule is CC(C)(C)OC(=O)CN(CC(=O)OC(C)(C)C)CC(CN(CC(=O)OC(C)(C)C)CC(=O)OC(C)(C)C)(CN(CC(=O)OC(C)(C)C)CC(=O)OC(C)(C)C)CN(Cc1ccccc1)Cc1ccccc1. The number of hydrogen-bond acceptors (Lipinski definition) is 16. The van der Waals surface area contributed by atoms with Crippen molar-refractivity contribution >= 4 is 35.8 Å². The molecule has 400 valence electrons. The Bertz CT molecular complexity index is 1730. The normalized spacial score (nSPS) is 13.0. The molecular formula is C55H88N4O12. The van der Waals surface area contributed by atoms with E-state index in [9.17, 15) is 28.8 Å². The molecule has 0 bridgehead atoms. The minimum absolute atomic E-state index is 0.107. The van der Waals surface area contributed by atoms with E-state index in [1.807, 2.05) is 60.7 Å². The molecule has 0 aliphatic heterocycles. The van der Waals surface area contributed by atoms with Crippen LogP contribution in [0.25, 0.3) is 0 Å². The highest BCUT2D eigenvalue weighted by Crippen LogP contribution is 2.29. The maximum atomic E-state index is 14.0. The Hall–Kier alpha value is -4.90. The molecule has 2 rings (SSSR count). The first kappa shape index (κ1) is 62.2. The molecule has 0 saturated heterocycles. The fourth-order valence-corrected chi connectivity index (χ4v) is 7.89. The van der Waals surface area contributed by atoms with Crippen molar-refractivity contribution < 1.29 is 57.2 Å². The Labute approximate surface area is 425 Å². The van der Waals surface area contributed by atoms with E-state index in [4.69, 9.17) is 28.4 Å². The lowest BCUT2D eigenvalue weighted by Gasteiger charge is -2.46. The lowest BCUT2D eigenvalue weighted by Crippen LogP contribution is -2.60. The van der Waals surface area contributed by atoms with E-state index >= 15 is 0 Å². The molecule has 0 fully saturated rings. The van der Waals surface area contributed by atoms with Crippen LogP contribution in [0, 0.1) is 5.41 Å². The minimum atomic E-state index is -1.30. The van der Waals surface area contributed by atoms with Gasteiger partial charge in [-0.25, -0.2) is 0 Å². The topological polar surface area (TPSA) is 171 Å². The maximum Gasteiger partial charge on any atom is 0.320 e. The minimum Gasteiger partial charge on any atom is -0.459 e. The van der Waals surface area contributed by atoms with E-state index in [-0.39, 0.29) is 65.4 Å². The summed E-state index contributed by atoms with van der Waals surface area (Å²) in [6, 6.07) is 19.7. The van der Waals surface area contributed by atoms with Crippen LogP contribution in [0.4, 0.5) is 0 Å². The number of carbonyl (C=O) groups excluding carboxylic acids is 6. The largest absolute Gasteiger partial charge is 0.459 e. The lowest BCUT2D eigenvalue weighted by molar-refractivity contribution is -0.161. The summed E-state index contributed by atoms with van der Waals surface area (Å²) in [6.07, 6.45) is 0. The molecule has 16 heteroatoms. The number of nitrogens with zero attached hydrogens (tertiary/aromatic N) is 4. The summed E-state index contributed by atoms with van der Waals surface area (Å²) in [5, 5.41) is 0. The molecule has 0 amide bonds. The number of ether oxygens (including phenoxy) is 6. The van der Waals surface area contributed by atoms with Crippen molar-refractivity contribution in [2.45, 2.75) is 171 Å². The second-order valence-electron chi connectivity index (χ2n) is 24.6. The van der Waals surface area contributed by atoms with Gasteiger partial charge in [0.2, 0.25) is 0 Å². The Kier molecular flexibility index (Phi) is 22.9. The molecule has 2 aromatic carbocycles. The summed E-state index contributed by atoms with van der Waals surface area (Å²) in [7, 11) is 0. The Morgan fingerprint density at radius 1 is 0.310 bits per heavy atom. The highest BCUT2D eigenvalue weighted by Gasteiger charge is 2.42. The van der Waals surface area contributed by atoms with Gasteiger partial charge in [-0.3, -0.25) is 48.4 Å². The van der Waals surface area contributed by atoms with Gasteiger partial charge in [0.1, 0.15) is 33.6 Å². The number of rotatable bonds is 24. The van der Waals surface area contributed by atoms with Crippen LogP contribution in [-0.2, 0) is 70.3 Å². The fraction of sp³-hybridized carbons (Fsp3) is 0.673. The smallest absolute Gasteiger partial charge is 0.320 e. The molecule has 0 unspecified atom stereocenters. The highest BCUT2D eigenvalue weighted by molar-refractivity contribution is 5.77. The second kappa shape index (κ2) is 26.2. The van der Waals surface area contributed by atoms with Gasteiger partial charge in [-0.15, -0.1) is 0 Å². The van der Waals surface area contributed by atoms with Crippen LogP contribution < -0.4 is 0 Å². The summed E-state index contributed by atoms with van der Waals surface area (Å²) in [6.45, 7) is 29.7. The Morgan fingerprint density at radius 3 is 0.676 bits per heavy atom. The van der Waals surface area contributed by atoms with Gasteiger partial charge in [-0.2, -0.15) is 0 Å². The standard InChI is InChI=1S/C55H88N4O12/c1-49(2,3)66-43(60)31-57(32-44(61)67-50(4,5)6)38-55(37-56(29-41-25-21-19-22-26-41)30-42-27-23-20-24-28-42,39-58(33-45(62)68-51(7,8)9)34-46(63)69-52(10,11)12)40-59(35-47(64)70-53(13,14)15)36-48(65)71-54(16,17)18/h19-28H,29-40H2,1-18H3. The lowest BCUT2D eigenvalue weighted by atomic mass is 9.83. The number of benzene rings is 2. The first-order chi connectivity index (χ1) is 32.2. The Balaban J connectivity index is 3.21. The first-order valence-electron chi connectivity index (χ1n) is 24.5. The van der Waals surface area contributed by atoms with Gasteiger partial charge in [-0.1, -0.05) is 60.7 Å². The van der Waals surface area contributed by atoms with Crippen LogP contribution in [0.5, 0.6) is 0 Å². The summed E-state index contributed by atoms with van der Waals surface area (Å²) >= 11 is 0. The van der Waals surface area contributed by atoms with Crippen molar-refractivity contribution in [1.82, 2.24) is 19.6 Å². The van der Waals surface area contributed by atoms with Crippen LogP contribution in [-0.4, -0.2) is 154 Å². The molecule has 0 atom stereocenters. The van der Waals surface area contributed by atoms with Gasteiger partial charge in [-0.05, 0) is 136 Å². The van der Waals surface area contributed by atoms with Crippen LogP contribution in [0.2, 0.25) is 0 Å². The van der Waals surface area contributed by atoms with Crippen molar-refractivity contribution in [2.75, 3.05) is 65.4 Å². The second-order valence-corrected chi connectivity index (χ2v) is 24.6. The average Bonchev–Trinajstić information content (AvgIpc) is 3.10. The van der Waals surface area contributed by atoms with Crippen LogP contribution in [0.1, 0.15) is 136 Å². The van der Waals surface area contributed by atoms with Crippen molar-refractivity contribution in [3.63, 3.8) is 0 Å². The molecule has 2 aromatic rings. The molecule has 0 aliphatic carbocycles. The summed E-state index contributed by atoms with van der Waals surface area (Å²) in [4.78, 5) is 91.0. The van der Waals surface area contributed by atoms with Crippen LogP contribution in [0.15, 0.2) is 60.7 Å². The molecule has 0 saturated carbocycles. The van der Waals surface area contributed by atoms with Crippen molar-refractivity contribution in [2.24, 2.45) is 5.41 Å².